The molecule has 0 bridgehead atoms. The molecule has 3 heteroatoms. The summed E-state index contributed by atoms with van der Waals surface area (Å²) in [4.78, 5) is 17.6. The van der Waals surface area contributed by atoms with Crippen LogP contribution in [0.3, 0.4) is 0 Å². The molecular formula is C22H16N2O. The van der Waals surface area contributed by atoms with E-state index in [1.165, 1.54) is 0 Å². The van der Waals surface area contributed by atoms with Gasteiger partial charge in [0.1, 0.15) is 0 Å². The van der Waals surface area contributed by atoms with Gasteiger partial charge in [-0.15, -0.1) is 0 Å². The number of carbonyl (C=O) groups is 1. The van der Waals surface area contributed by atoms with Crippen LogP contribution in [-0.4, -0.2) is 10.9 Å². The van der Waals surface area contributed by atoms with Crippen LogP contribution in [0.5, 0.6) is 0 Å². The number of carbonyl (C=O) groups excluding carboxylic acids is 1. The zero-order chi connectivity index (χ0) is 17.1. The Morgan fingerprint density at radius 2 is 1.40 bits per heavy atom. The van der Waals surface area contributed by atoms with E-state index in [0.717, 1.165) is 27.8 Å². The number of pyridine rings is 1. The lowest BCUT2D eigenvalue weighted by Crippen LogP contribution is -2.13. The molecule has 0 aliphatic carbocycles. The molecule has 0 aliphatic rings. The highest BCUT2D eigenvalue weighted by molar-refractivity contribution is 6.13. The summed E-state index contributed by atoms with van der Waals surface area (Å²) in [6, 6.07) is 28.9. The van der Waals surface area contributed by atoms with Crippen molar-refractivity contribution in [1.82, 2.24) is 4.98 Å². The molecule has 0 unspecified atom stereocenters. The molecule has 1 aromatic heterocycles. The van der Waals surface area contributed by atoms with E-state index in [4.69, 9.17) is 4.98 Å². The molecule has 0 radical (unpaired) electrons. The van der Waals surface area contributed by atoms with Crippen LogP contribution in [0, 0.1) is 0 Å². The second-order valence-electron chi connectivity index (χ2n) is 5.76. The Bertz CT molecular complexity index is 1030. The molecule has 4 rings (SSSR count). The third-order valence-electron chi connectivity index (χ3n) is 4.06. The van der Waals surface area contributed by atoms with Gasteiger partial charge in [0.05, 0.1) is 16.8 Å². The van der Waals surface area contributed by atoms with Gasteiger partial charge in [-0.25, -0.2) is 4.98 Å². The summed E-state index contributed by atoms with van der Waals surface area (Å²) < 4.78 is 0. The maximum absolute atomic E-state index is 12.9. The number of amides is 1. The van der Waals surface area contributed by atoms with Crippen LogP contribution in [0.15, 0.2) is 91.0 Å². The van der Waals surface area contributed by atoms with Gasteiger partial charge in [0.15, 0.2) is 0 Å². The molecule has 0 spiro atoms. The molecule has 1 N–H and O–H groups in total. The van der Waals surface area contributed by atoms with E-state index in [1.807, 2.05) is 91.0 Å². The van der Waals surface area contributed by atoms with Gasteiger partial charge in [-0.05, 0) is 24.3 Å². The highest BCUT2D eigenvalue weighted by Crippen LogP contribution is 2.25. The van der Waals surface area contributed by atoms with E-state index in [1.54, 1.807) is 0 Å². The fourth-order valence-corrected chi connectivity index (χ4v) is 2.84. The molecule has 0 aliphatic heterocycles. The molecule has 1 heterocycles. The molecule has 1 amide bonds. The van der Waals surface area contributed by atoms with Crippen LogP contribution >= 0.6 is 0 Å². The van der Waals surface area contributed by atoms with E-state index in [2.05, 4.69) is 5.32 Å². The zero-order valence-corrected chi connectivity index (χ0v) is 13.5. The number of nitrogens with one attached hydrogen (secondary N) is 1. The van der Waals surface area contributed by atoms with E-state index in [0.29, 0.717) is 5.56 Å². The van der Waals surface area contributed by atoms with Crippen LogP contribution in [0.2, 0.25) is 0 Å². The van der Waals surface area contributed by atoms with Crippen molar-refractivity contribution in [2.45, 2.75) is 0 Å². The molecule has 120 valence electrons. The van der Waals surface area contributed by atoms with Gasteiger partial charge >= 0.3 is 0 Å². The van der Waals surface area contributed by atoms with E-state index < -0.39 is 0 Å². The highest BCUT2D eigenvalue weighted by atomic mass is 16.1. The number of hydrogen-bond acceptors (Lipinski definition) is 2. The van der Waals surface area contributed by atoms with Crippen LogP contribution in [0.25, 0.3) is 22.2 Å². The lowest BCUT2D eigenvalue weighted by Gasteiger charge is -2.10. The Balaban J connectivity index is 1.83. The smallest absolute Gasteiger partial charge is 0.256 e. The Morgan fingerprint density at radius 1 is 0.760 bits per heavy atom. The number of nitrogens with zero attached hydrogens (tertiary/aromatic N) is 1. The molecular weight excluding hydrogens is 308 g/mol. The summed E-state index contributed by atoms with van der Waals surface area (Å²) in [7, 11) is 0. The van der Waals surface area contributed by atoms with Gasteiger partial charge in [-0.3, -0.25) is 4.79 Å². The number of rotatable bonds is 3. The first-order valence-corrected chi connectivity index (χ1v) is 8.13. The third-order valence-corrected chi connectivity index (χ3v) is 4.06. The van der Waals surface area contributed by atoms with Crippen molar-refractivity contribution in [3.05, 3.63) is 96.6 Å². The topological polar surface area (TPSA) is 42.0 Å². The summed E-state index contributed by atoms with van der Waals surface area (Å²) in [5.41, 5.74) is 3.98. The summed E-state index contributed by atoms with van der Waals surface area (Å²) in [6.07, 6.45) is 0. The largest absolute Gasteiger partial charge is 0.322 e. The highest BCUT2D eigenvalue weighted by Gasteiger charge is 2.14. The zero-order valence-electron chi connectivity index (χ0n) is 13.5. The molecule has 3 aromatic carbocycles. The van der Waals surface area contributed by atoms with E-state index in [9.17, 15) is 4.79 Å². The minimum absolute atomic E-state index is 0.137. The van der Waals surface area contributed by atoms with Gasteiger partial charge in [0, 0.05) is 16.6 Å². The first-order valence-electron chi connectivity index (χ1n) is 8.13. The lowest BCUT2D eigenvalue weighted by atomic mass is 10.0. The number of benzene rings is 3. The number of hydrogen-bond donors (Lipinski definition) is 1. The number of para-hydroxylation sites is 2. The summed E-state index contributed by atoms with van der Waals surface area (Å²) >= 11 is 0. The molecule has 3 nitrogen and oxygen atoms in total. The minimum Gasteiger partial charge on any atom is -0.322 e. The summed E-state index contributed by atoms with van der Waals surface area (Å²) in [6.45, 7) is 0. The van der Waals surface area contributed by atoms with E-state index in [-0.39, 0.29) is 5.91 Å². The van der Waals surface area contributed by atoms with Gasteiger partial charge in [-0.1, -0.05) is 66.7 Å². The van der Waals surface area contributed by atoms with Crippen molar-refractivity contribution in [3.63, 3.8) is 0 Å². The normalized spacial score (nSPS) is 10.6. The predicted octanol–water partition coefficient (Wildman–Crippen LogP) is 5.15. The second kappa shape index (κ2) is 6.57. The van der Waals surface area contributed by atoms with Crippen LogP contribution in [0.4, 0.5) is 5.69 Å². The molecule has 4 aromatic rings. The number of aromatic nitrogens is 1. The van der Waals surface area contributed by atoms with Crippen molar-refractivity contribution in [1.29, 1.82) is 0 Å². The van der Waals surface area contributed by atoms with Crippen molar-refractivity contribution in [3.8, 4) is 11.3 Å². The maximum Gasteiger partial charge on any atom is 0.256 e. The Labute approximate surface area is 146 Å². The fourth-order valence-electron chi connectivity index (χ4n) is 2.84. The van der Waals surface area contributed by atoms with Gasteiger partial charge in [-0.2, -0.15) is 0 Å². The molecule has 25 heavy (non-hydrogen) atoms. The van der Waals surface area contributed by atoms with Crippen molar-refractivity contribution in [2.75, 3.05) is 5.32 Å². The first kappa shape index (κ1) is 15.1. The number of fused-ring (bicyclic) bond motifs is 1. The van der Waals surface area contributed by atoms with E-state index >= 15 is 0 Å². The van der Waals surface area contributed by atoms with Crippen LogP contribution in [-0.2, 0) is 0 Å². The summed E-state index contributed by atoms with van der Waals surface area (Å²) in [5, 5.41) is 3.81. The van der Waals surface area contributed by atoms with Crippen molar-refractivity contribution in [2.24, 2.45) is 0 Å². The maximum atomic E-state index is 12.9. The summed E-state index contributed by atoms with van der Waals surface area (Å²) in [5.74, 6) is -0.137. The Morgan fingerprint density at radius 3 is 2.16 bits per heavy atom. The first-order chi connectivity index (χ1) is 12.3. The Kier molecular flexibility index (Phi) is 3.97. The average molecular weight is 324 g/mol. The van der Waals surface area contributed by atoms with Gasteiger partial charge in [0.2, 0.25) is 0 Å². The van der Waals surface area contributed by atoms with Crippen molar-refractivity contribution >= 4 is 22.5 Å². The lowest BCUT2D eigenvalue weighted by molar-refractivity contribution is 0.102. The fraction of sp³-hybridized carbons (Fsp3) is 0. The SMILES string of the molecule is O=C(Nc1ccccc1)c1cc(-c2ccccc2)nc2ccccc12. The molecule has 0 saturated carbocycles. The van der Waals surface area contributed by atoms with Crippen molar-refractivity contribution < 1.29 is 4.79 Å². The third kappa shape index (κ3) is 3.12. The average Bonchev–Trinajstić information content (AvgIpc) is 2.68. The Hall–Kier alpha value is -3.46. The predicted molar refractivity (Wildman–Crippen MR) is 102 cm³/mol. The van der Waals surface area contributed by atoms with Gasteiger partial charge in [0.25, 0.3) is 5.91 Å². The molecule has 0 atom stereocenters. The minimum atomic E-state index is -0.137. The molecule has 0 saturated heterocycles. The molecule has 0 fully saturated rings. The second-order valence-corrected chi connectivity index (χ2v) is 5.76. The standard InChI is InChI=1S/C22H16N2O/c25-22(23-17-11-5-2-6-12-17)19-15-21(16-9-3-1-4-10-16)24-20-14-8-7-13-18(19)20/h1-15H,(H,23,25). The number of anilines is 1. The monoisotopic (exact) mass is 324 g/mol. The van der Waals surface area contributed by atoms with Gasteiger partial charge < -0.3 is 5.32 Å². The van der Waals surface area contributed by atoms with Crippen LogP contribution < -0.4 is 5.32 Å². The van der Waals surface area contributed by atoms with Crippen LogP contribution in [0.1, 0.15) is 10.4 Å². The quantitative estimate of drug-likeness (QED) is 0.566.